The fourth-order valence-electron chi connectivity index (χ4n) is 3.52. The summed E-state index contributed by atoms with van der Waals surface area (Å²) in [7, 11) is 2.11. The molecule has 0 spiro atoms. The van der Waals surface area contributed by atoms with Crippen LogP contribution in [0.2, 0.25) is 0 Å². The van der Waals surface area contributed by atoms with Gasteiger partial charge < -0.3 is 9.88 Å². The van der Waals surface area contributed by atoms with Gasteiger partial charge in [0, 0.05) is 31.4 Å². The monoisotopic (exact) mass is 263 g/mol. The standard InChI is InChI=1S/C16H29N3/c1-4-13-6-8-14(9-7-13)15(17-3)12-16-18-10-11-19(16)5-2/h10-11,13-15,17H,4-9,12H2,1-3H3. The van der Waals surface area contributed by atoms with E-state index < -0.39 is 0 Å². The third-order valence-corrected chi connectivity index (χ3v) is 4.95. The second-order valence-corrected chi connectivity index (χ2v) is 5.92. The van der Waals surface area contributed by atoms with E-state index >= 15 is 0 Å². The Morgan fingerprint density at radius 3 is 2.63 bits per heavy atom. The third kappa shape index (κ3) is 3.59. The molecule has 2 rings (SSSR count). The van der Waals surface area contributed by atoms with Crippen molar-refractivity contribution >= 4 is 0 Å². The van der Waals surface area contributed by atoms with Crippen LogP contribution in [0.25, 0.3) is 0 Å². The van der Waals surface area contributed by atoms with Gasteiger partial charge in [0.05, 0.1) is 0 Å². The van der Waals surface area contributed by atoms with Crippen LogP contribution in [0.15, 0.2) is 12.4 Å². The fourth-order valence-corrected chi connectivity index (χ4v) is 3.52. The summed E-state index contributed by atoms with van der Waals surface area (Å²) in [6.45, 7) is 5.54. The van der Waals surface area contributed by atoms with Crippen molar-refractivity contribution in [2.45, 2.75) is 65.0 Å². The zero-order valence-electron chi connectivity index (χ0n) is 12.7. The molecule has 1 N–H and O–H groups in total. The Balaban J connectivity index is 1.93. The topological polar surface area (TPSA) is 29.9 Å². The predicted octanol–water partition coefficient (Wildman–Crippen LogP) is 3.25. The van der Waals surface area contributed by atoms with E-state index in [9.17, 15) is 0 Å². The molecule has 108 valence electrons. The van der Waals surface area contributed by atoms with Gasteiger partial charge in [-0.3, -0.25) is 0 Å². The van der Waals surface area contributed by atoms with Gasteiger partial charge in [-0.1, -0.05) is 26.2 Å². The Morgan fingerprint density at radius 1 is 1.32 bits per heavy atom. The first-order valence-electron chi connectivity index (χ1n) is 7.95. The molecule has 1 heterocycles. The molecule has 1 fully saturated rings. The summed E-state index contributed by atoms with van der Waals surface area (Å²) in [4.78, 5) is 4.52. The molecular weight excluding hydrogens is 234 g/mol. The minimum Gasteiger partial charge on any atom is -0.335 e. The predicted molar refractivity (Wildman–Crippen MR) is 80.2 cm³/mol. The number of likely N-dealkylation sites (N-methyl/N-ethyl adjacent to an activating group) is 1. The lowest BCUT2D eigenvalue weighted by molar-refractivity contribution is 0.220. The molecule has 0 aromatic carbocycles. The number of rotatable bonds is 6. The maximum Gasteiger partial charge on any atom is 0.110 e. The Labute approximate surface area is 117 Å². The Kier molecular flexibility index (Phi) is 5.44. The second-order valence-electron chi connectivity index (χ2n) is 5.92. The number of aromatic nitrogens is 2. The van der Waals surface area contributed by atoms with Crippen LogP contribution in [-0.2, 0) is 13.0 Å². The maximum atomic E-state index is 4.52. The smallest absolute Gasteiger partial charge is 0.110 e. The van der Waals surface area contributed by atoms with Crippen molar-refractivity contribution in [3.8, 4) is 0 Å². The number of hydrogen-bond acceptors (Lipinski definition) is 2. The quantitative estimate of drug-likeness (QED) is 0.854. The van der Waals surface area contributed by atoms with Gasteiger partial charge in [-0.25, -0.2) is 4.98 Å². The molecule has 1 aliphatic rings. The molecule has 1 unspecified atom stereocenters. The van der Waals surface area contributed by atoms with Gasteiger partial charge in [0.25, 0.3) is 0 Å². The van der Waals surface area contributed by atoms with Gasteiger partial charge in [0.2, 0.25) is 0 Å². The molecule has 1 atom stereocenters. The van der Waals surface area contributed by atoms with Gasteiger partial charge in [-0.2, -0.15) is 0 Å². The molecule has 1 aliphatic carbocycles. The zero-order chi connectivity index (χ0) is 13.7. The molecule has 0 bridgehead atoms. The largest absolute Gasteiger partial charge is 0.335 e. The van der Waals surface area contributed by atoms with E-state index in [0.717, 1.165) is 24.8 Å². The van der Waals surface area contributed by atoms with Crippen molar-refractivity contribution in [3.05, 3.63) is 18.2 Å². The summed E-state index contributed by atoms with van der Waals surface area (Å²) < 4.78 is 2.27. The SMILES string of the molecule is CCC1CCC(C(Cc2nccn2CC)NC)CC1. The zero-order valence-corrected chi connectivity index (χ0v) is 12.7. The lowest BCUT2D eigenvalue weighted by Crippen LogP contribution is -2.38. The van der Waals surface area contributed by atoms with Crippen LogP contribution in [0.4, 0.5) is 0 Å². The minimum atomic E-state index is 0.588. The highest BCUT2D eigenvalue weighted by Gasteiger charge is 2.27. The van der Waals surface area contributed by atoms with Crippen LogP contribution in [0.3, 0.4) is 0 Å². The van der Waals surface area contributed by atoms with Crippen molar-refractivity contribution < 1.29 is 0 Å². The van der Waals surface area contributed by atoms with Crippen LogP contribution in [-0.4, -0.2) is 22.6 Å². The molecule has 0 aliphatic heterocycles. The lowest BCUT2D eigenvalue weighted by atomic mass is 9.77. The van der Waals surface area contributed by atoms with E-state index in [2.05, 4.69) is 42.0 Å². The average Bonchev–Trinajstić information content (AvgIpc) is 2.92. The lowest BCUT2D eigenvalue weighted by Gasteiger charge is -2.33. The number of imidazole rings is 1. The summed E-state index contributed by atoms with van der Waals surface area (Å²) in [5.41, 5.74) is 0. The van der Waals surface area contributed by atoms with Crippen molar-refractivity contribution in [3.63, 3.8) is 0 Å². The molecule has 1 aromatic rings. The van der Waals surface area contributed by atoms with Crippen LogP contribution < -0.4 is 5.32 Å². The van der Waals surface area contributed by atoms with E-state index in [1.165, 1.54) is 37.9 Å². The van der Waals surface area contributed by atoms with E-state index in [-0.39, 0.29) is 0 Å². The van der Waals surface area contributed by atoms with Gasteiger partial charge in [0.15, 0.2) is 0 Å². The molecule has 19 heavy (non-hydrogen) atoms. The molecule has 0 amide bonds. The Bertz CT molecular complexity index is 364. The number of nitrogens with one attached hydrogen (secondary N) is 1. The summed E-state index contributed by atoms with van der Waals surface area (Å²) in [5.74, 6) is 3.04. The van der Waals surface area contributed by atoms with Crippen molar-refractivity contribution in [1.29, 1.82) is 0 Å². The molecule has 0 radical (unpaired) electrons. The molecule has 1 aromatic heterocycles. The number of aryl methyl sites for hydroxylation is 1. The third-order valence-electron chi connectivity index (χ3n) is 4.95. The summed E-state index contributed by atoms with van der Waals surface area (Å²) in [6, 6.07) is 0.588. The molecule has 0 saturated heterocycles. The minimum absolute atomic E-state index is 0.588. The van der Waals surface area contributed by atoms with Gasteiger partial charge in [-0.15, -0.1) is 0 Å². The average molecular weight is 263 g/mol. The Hall–Kier alpha value is -0.830. The molecule has 1 saturated carbocycles. The van der Waals surface area contributed by atoms with E-state index in [1.807, 2.05) is 6.20 Å². The highest BCUT2D eigenvalue weighted by Crippen LogP contribution is 2.33. The number of hydrogen-bond donors (Lipinski definition) is 1. The van der Waals surface area contributed by atoms with Crippen molar-refractivity contribution in [2.75, 3.05) is 7.05 Å². The summed E-state index contributed by atoms with van der Waals surface area (Å²) in [6.07, 6.45) is 12.1. The Morgan fingerprint density at radius 2 is 2.05 bits per heavy atom. The normalized spacial score (nSPS) is 25.4. The van der Waals surface area contributed by atoms with Gasteiger partial charge in [-0.05, 0) is 38.6 Å². The highest BCUT2D eigenvalue weighted by atomic mass is 15.1. The highest BCUT2D eigenvalue weighted by molar-refractivity contribution is 4.97. The maximum absolute atomic E-state index is 4.52. The van der Waals surface area contributed by atoms with Gasteiger partial charge >= 0.3 is 0 Å². The van der Waals surface area contributed by atoms with Crippen molar-refractivity contribution in [1.82, 2.24) is 14.9 Å². The number of nitrogens with zero attached hydrogens (tertiary/aromatic N) is 2. The molecule has 3 nitrogen and oxygen atoms in total. The van der Waals surface area contributed by atoms with Gasteiger partial charge in [0.1, 0.15) is 5.82 Å². The van der Waals surface area contributed by atoms with Crippen LogP contribution in [0.1, 0.15) is 51.8 Å². The summed E-state index contributed by atoms with van der Waals surface area (Å²) in [5, 5.41) is 3.54. The van der Waals surface area contributed by atoms with E-state index in [1.54, 1.807) is 0 Å². The van der Waals surface area contributed by atoms with Crippen LogP contribution >= 0.6 is 0 Å². The summed E-state index contributed by atoms with van der Waals surface area (Å²) >= 11 is 0. The van der Waals surface area contributed by atoms with Crippen LogP contribution in [0, 0.1) is 11.8 Å². The first-order valence-corrected chi connectivity index (χ1v) is 7.95. The molecular formula is C16H29N3. The van der Waals surface area contributed by atoms with E-state index in [4.69, 9.17) is 0 Å². The van der Waals surface area contributed by atoms with Crippen LogP contribution in [0.5, 0.6) is 0 Å². The molecule has 3 heteroatoms. The first-order chi connectivity index (χ1) is 9.28. The van der Waals surface area contributed by atoms with Crippen molar-refractivity contribution in [2.24, 2.45) is 11.8 Å². The van der Waals surface area contributed by atoms with E-state index in [0.29, 0.717) is 6.04 Å². The first kappa shape index (κ1) is 14.6. The second kappa shape index (κ2) is 7.09. The fraction of sp³-hybridized carbons (Fsp3) is 0.812.